The van der Waals surface area contributed by atoms with Gasteiger partial charge in [0.05, 0.1) is 6.33 Å². The SMILES string of the molecule is Cn1cnc(S(=O)(=O)N2CCCN(C(=O)c3ccc(Br)o3)CC2)c1. The van der Waals surface area contributed by atoms with E-state index >= 15 is 0 Å². The van der Waals surface area contributed by atoms with Crippen molar-refractivity contribution in [2.24, 2.45) is 7.05 Å². The van der Waals surface area contributed by atoms with Crippen LogP contribution in [-0.4, -0.2) is 59.3 Å². The fourth-order valence-electron chi connectivity index (χ4n) is 2.58. The van der Waals surface area contributed by atoms with Gasteiger partial charge in [0.15, 0.2) is 15.5 Å². The van der Waals surface area contributed by atoms with E-state index in [1.807, 2.05) is 0 Å². The van der Waals surface area contributed by atoms with Gasteiger partial charge in [-0.2, -0.15) is 4.31 Å². The minimum Gasteiger partial charge on any atom is -0.444 e. The van der Waals surface area contributed by atoms with Crippen LogP contribution in [0, 0.1) is 0 Å². The predicted molar refractivity (Wildman–Crippen MR) is 88.9 cm³/mol. The number of nitrogens with zero attached hydrogens (tertiary/aromatic N) is 4. The zero-order valence-corrected chi connectivity index (χ0v) is 15.5. The van der Waals surface area contributed by atoms with Crippen molar-refractivity contribution in [2.45, 2.75) is 11.4 Å². The topological polar surface area (TPSA) is 88.7 Å². The van der Waals surface area contributed by atoms with Crippen molar-refractivity contribution in [3.05, 3.63) is 35.1 Å². The van der Waals surface area contributed by atoms with Crippen LogP contribution in [-0.2, 0) is 17.1 Å². The molecule has 0 radical (unpaired) electrons. The molecule has 10 heteroatoms. The average Bonchev–Trinajstić information content (AvgIpc) is 3.08. The average molecular weight is 417 g/mol. The van der Waals surface area contributed by atoms with Crippen LogP contribution < -0.4 is 0 Å². The monoisotopic (exact) mass is 416 g/mol. The Kier molecular flexibility index (Phi) is 4.79. The molecule has 0 bridgehead atoms. The van der Waals surface area contributed by atoms with Gasteiger partial charge in [-0.1, -0.05) is 0 Å². The molecule has 24 heavy (non-hydrogen) atoms. The molecule has 1 saturated heterocycles. The maximum atomic E-state index is 12.6. The number of rotatable bonds is 3. The highest BCUT2D eigenvalue weighted by Gasteiger charge is 2.30. The highest BCUT2D eigenvalue weighted by molar-refractivity contribution is 9.10. The van der Waals surface area contributed by atoms with E-state index in [2.05, 4.69) is 20.9 Å². The highest BCUT2D eigenvalue weighted by Crippen LogP contribution is 2.19. The van der Waals surface area contributed by atoms with Gasteiger partial charge >= 0.3 is 0 Å². The Morgan fingerprint density at radius 1 is 1.25 bits per heavy atom. The molecule has 8 nitrogen and oxygen atoms in total. The number of carbonyl (C=O) groups is 1. The van der Waals surface area contributed by atoms with E-state index in [0.29, 0.717) is 30.7 Å². The molecule has 3 rings (SSSR count). The molecule has 0 spiro atoms. The number of aromatic nitrogens is 2. The van der Waals surface area contributed by atoms with E-state index in [4.69, 9.17) is 4.42 Å². The molecule has 130 valence electrons. The predicted octanol–water partition coefficient (Wildman–Crippen LogP) is 1.31. The summed E-state index contributed by atoms with van der Waals surface area (Å²) in [4.78, 5) is 18.0. The summed E-state index contributed by atoms with van der Waals surface area (Å²) in [5.74, 6) is 0.000641. The number of aryl methyl sites for hydroxylation is 1. The van der Waals surface area contributed by atoms with Crippen molar-refractivity contribution < 1.29 is 17.6 Å². The second-order valence-electron chi connectivity index (χ2n) is 5.53. The van der Waals surface area contributed by atoms with E-state index < -0.39 is 10.0 Å². The minimum atomic E-state index is -3.64. The largest absolute Gasteiger partial charge is 0.444 e. The van der Waals surface area contributed by atoms with E-state index in [0.717, 1.165) is 0 Å². The summed E-state index contributed by atoms with van der Waals surface area (Å²) in [5, 5.41) is 0.0275. The first-order valence-corrected chi connectivity index (χ1v) is 9.64. The van der Waals surface area contributed by atoms with Crippen molar-refractivity contribution in [3.8, 4) is 0 Å². The zero-order chi connectivity index (χ0) is 17.3. The molecule has 3 heterocycles. The molecule has 0 atom stereocenters. The summed E-state index contributed by atoms with van der Waals surface area (Å²) in [6, 6.07) is 3.25. The van der Waals surface area contributed by atoms with Crippen LogP contribution in [0.4, 0.5) is 0 Å². The summed E-state index contributed by atoms with van der Waals surface area (Å²) in [7, 11) is -1.92. The number of furan rings is 1. The number of hydrogen-bond donors (Lipinski definition) is 0. The third-order valence-electron chi connectivity index (χ3n) is 3.81. The van der Waals surface area contributed by atoms with Gasteiger partial charge < -0.3 is 13.9 Å². The second kappa shape index (κ2) is 6.69. The van der Waals surface area contributed by atoms with Crippen LogP contribution in [0.2, 0.25) is 0 Å². The summed E-state index contributed by atoms with van der Waals surface area (Å²) < 4.78 is 34.0. The Labute approximate surface area is 148 Å². The third kappa shape index (κ3) is 3.40. The van der Waals surface area contributed by atoms with Crippen LogP contribution in [0.5, 0.6) is 0 Å². The van der Waals surface area contributed by atoms with Gasteiger partial charge in [-0.25, -0.2) is 13.4 Å². The molecule has 0 unspecified atom stereocenters. The van der Waals surface area contributed by atoms with Gasteiger partial charge in [0.25, 0.3) is 15.9 Å². The highest BCUT2D eigenvalue weighted by atomic mass is 79.9. The van der Waals surface area contributed by atoms with Gasteiger partial charge in [0, 0.05) is 39.4 Å². The maximum Gasteiger partial charge on any atom is 0.289 e. The van der Waals surface area contributed by atoms with Gasteiger partial charge in [0.2, 0.25) is 0 Å². The summed E-state index contributed by atoms with van der Waals surface area (Å²) in [5.41, 5.74) is 0. The molecule has 2 aromatic rings. The van der Waals surface area contributed by atoms with Gasteiger partial charge in [0.1, 0.15) is 0 Å². The fraction of sp³-hybridized carbons (Fsp3) is 0.429. The van der Waals surface area contributed by atoms with Crippen molar-refractivity contribution >= 4 is 31.9 Å². The molecule has 1 amide bonds. The number of amides is 1. The number of imidazole rings is 1. The lowest BCUT2D eigenvalue weighted by atomic mass is 10.3. The molecule has 1 fully saturated rings. The molecular weight excluding hydrogens is 400 g/mol. The number of hydrogen-bond acceptors (Lipinski definition) is 5. The maximum absolute atomic E-state index is 12.6. The zero-order valence-electron chi connectivity index (χ0n) is 13.1. The summed E-state index contributed by atoms with van der Waals surface area (Å²) in [6.45, 7) is 1.37. The number of sulfonamides is 1. The van der Waals surface area contributed by atoms with E-state index in [1.165, 1.54) is 16.8 Å². The Morgan fingerprint density at radius 2 is 2.04 bits per heavy atom. The Balaban J connectivity index is 1.72. The fourth-order valence-corrected chi connectivity index (χ4v) is 4.32. The molecule has 0 aromatic carbocycles. The Morgan fingerprint density at radius 3 is 2.67 bits per heavy atom. The molecule has 1 aliphatic rings. The first-order chi connectivity index (χ1) is 11.4. The van der Waals surface area contributed by atoms with E-state index in [-0.39, 0.29) is 23.2 Å². The van der Waals surface area contributed by atoms with Gasteiger partial charge in [-0.15, -0.1) is 0 Å². The Bertz CT molecular complexity index is 845. The normalized spacial score (nSPS) is 17.0. The first kappa shape index (κ1) is 17.2. The van der Waals surface area contributed by atoms with Crippen LogP contribution in [0.3, 0.4) is 0 Å². The Hall–Kier alpha value is -1.65. The molecule has 0 saturated carbocycles. The van der Waals surface area contributed by atoms with Crippen molar-refractivity contribution in [1.82, 2.24) is 18.8 Å². The quantitative estimate of drug-likeness (QED) is 0.752. The molecule has 2 aromatic heterocycles. The van der Waals surface area contributed by atoms with Crippen molar-refractivity contribution in [1.29, 1.82) is 0 Å². The van der Waals surface area contributed by atoms with Crippen LogP contribution >= 0.6 is 15.9 Å². The molecule has 1 aliphatic heterocycles. The van der Waals surface area contributed by atoms with Crippen LogP contribution in [0.25, 0.3) is 0 Å². The standard InChI is InChI=1S/C14H17BrN4O4S/c1-17-9-13(16-10-17)24(21,22)19-6-2-5-18(7-8-19)14(20)11-3-4-12(15)23-11/h3-4,9-10H,2,5-8H2,1H3. The van der Waals surface area contributed by atoms with Crippen LogP contribution in [0.1, 0.15) is 17.0 Å². The lowest BCUT2D eigenvalue weighted by Crippen LogP contribution is -2.37. The minimum absolute atomic E-state index is 0.0275. The molecule has 0 N–H and O–H groups in total. The third-order valence-corrected chi connectivity index (χ3v) is 6.02. The lowest BCUT2D eigenvalue weighted by molar-refractivity contribution is 0.0731. The van der Waals surface area contributed by atoms with E-state index in [9.17, 15) is 13.2 Å². The number of halogens is 1. The first-order valence-electron chi connectivity index (χ1n) is 7.40. The van der Waals surface area contributed by atoms with Crippen LogP contribution in [0.15, 0.2) is 38.8 Å². The van der Waals surface area contributed by atoms with Gasteiger partial charge in [-0.3, -0.25) is 4.79 Å². The lowest BCUT2D eigenvalue weighted by Gasteiger charge is -2.20. The summed E-state index contributed by atoms with van der Waals surface area (Å²) in [6.07, 6.45) is 3.48. The van der Waals surface area contributed by atoms with Crippen molar-refractivity contribution in [2.75, 3.05) is 26.2 Å². The smallest absolute Gasteiger partial charge is 0.289 e. The molecule has 0 aliphatic carbocycles. The molecular formula is C14H17BrN4O4S. The second-order valence-corrected chi connectivity index (χ2v) is 8.20. The van der Waals surface area contributed by atoms with E-state index in [1.54, 1.807) is 28.6 Å². The summed E-state index contributed by atoms with van der Waals surface area (Å²) >= 11 is 3.17. The van der Waals surface area contributed by atoms with Crippen molar-refractivity contribution in [3.63, 3.8) is 0 Å². The van der Waals surface area contributed by atoms with Gasteiger partial charge in [-0.05, 0) is 34.5 Å². The number of carbonyl (C=O) groups excluding carboxylic acids is 1.